The molecule has 2 aromatic carbocycles. The number of carboxylic acid groups (broad SMARTS) is 1. The maximum absolute atomic E-state index is 14.1. The number of ether oxygens (including phenoxy) is 1. The predicted molar refractivity (Wildman–Crippen MR) is 174 cm³/mol. The first kappa shape index (κ1) is 34.7. The molecular weight excluding hydrogens is 658 g/mol. The van der Waals surface area contributed by atoms with Crippen LogP contribution >= 0.6 is 11.8 Å². The Morgan fingerprint density at radius 3 is 2.37 bits per heavy atom. The van der Waals surface area contributed by atoms with Crippen LogP contribution < -0.4 is 16.8 Å². The number of thioether (sulfide) groups is 1. The smallest absolute Gasteiger partial charge is 0.352 e. The minimum Gasteiger partial charge on any atom is -0.493 e. The molecule has 4 amide bonds. The number of hydrogen-bond acceptors (Lipinski definition) is 13. The van der Waals surface area contributed by atoms with Crippen molar-refractivity contribution in [3.8, 4) is 17.3 Å². The van der Waals surface area contributed by atoms with E-state index in [2.05, 4.69) is 15.3 Å². The molecule has 3 heterocycles. The predicted octanol–water partition coefficient (Wildman–Crippen LogP) is 0.989. The fourth-order valence-corrected chi connectivity index (χ4v) is 6.51. The van der Waals surface area contributed by atoms with E-state index < -0.39 is 76.2 Å². The van der Waals surface area contributed by atoms with Crippen LogP contribution in [0.1, 0.15) is 35.8 Å². The van der Waals surface area contributed by atoms with Gasteiger partial charge in [0.25, 0.3) is 17.7 Å². The minimum atomic E-state index is -1.51. The summed E-state index contributed by atoms with van der Waals surface area (Å²) in [4.78, 5) is 87.0. The Morgan fingerprint density at radius 2 is 1.78 bits per heavy atom. The van der Waals surface area contributed by atoms with Crippen molar-refractivity contribution in [1.29, 1.82) is 0 Å². The molecule has 1 fully saturated rings. The molecule has 2 aliphatic heterocycles. The first-order valence-electron chi connectivity index (χ1n) is 14.7. The van der Waals surface area contributed by atoms with E-state index in [1.54, 1.807) is 54.6 Å². The number of carbonyl (C=O) groups is 6. The molecule has 0 saturated carbocycles. The van der Waals surface area contributed by atoms with E-state index in [1.165, 1.54) is 6.92 Å². The third-order valence-electron chi connectivity index (χ3n) is 7.65. The van der Waals surface area contributed by atoms with Crippen molar-refractivity contribution >= 4 is 53.0 Å². The van der Waals surface area contributed by atoms with Crippen LogP contribution in [0, 0.1) is 0 Å². The summed E-state index contributed by atoms with van der Waals surface area (Å²) in [5.74, 6) is -6.32. The normalized spacial score (nSPS) is 18.0. The van der Waals surface area contributed by atoms with Crippen molar-refractivity contribution in [1.82, 2.24) is 19.8 Å². The molecule has 1 aromatic heterocycles. The first-order valence-corrected chi connectivity index (χ1v) is 15.8. The zero-order valence-electron chi connectivity index (χ0n) is 26.1. The summed E-state index contributed by atoms with van der Waals surface area (Å²) >= 11 is 1.06. The Bertz CT molecular complexity index is 1870. The maximum Gasteiger partial charge on any atom is 0.352 e. The quantitative estimate of drug-likeness (QED) is 0.147. The Kier molecular flexibility index (Phi) is 10.1. The molecule has 0 spiro atoms. The molecule has 7 N–H and O–H groups in total. The first-order chi connectivity index (χ1) is 23.3. The number of rotatable bonds is 10. The number of nitrogens with two attached hydrogens (primary N) is 2. The van der Waals surface area contributed by atoms with Crippen LogP contribution in [0.3, 0.4) is 0 Å². The van der Waals surface area contributed by atoms with Gasteiger partial charge in [0, 0.05) is 35.7 Å². The van der Waals surface area contributed by atoms with Crippen molar-refractivity contribution in [3.05, 3.63) is 83.2 Å². The number of nitrogens with zero attached hydrogens (tertiary/aromatic N) is 4. The second kappa shape index (κ2) is 14.2. The Morgan fingerprint density at radius 1 is 1.10 bits per heavy atom. The van der Waals surface area contributed by atoms with Gasteiger partial charge in [0.2, 0.25) is 11.8 Å². The lowest BCUT2D eigenvalue weighted by atomic mass is 9.98. The molecule has 2 aliphatic rings. The zero-order chi connectivity index (χ0) is 35.6. The molecule has 254 valence electrons. The average Bonchev–Trinajstić information content (AvgIpc) is 3.08. The Labute approximate surface area is 283 Å². The van der Waals surface area contributed by atoms with Gasteiger partial charge in [-0.2, -0.15) is 4.98 Å². The number of aromatic hydroxyl groups is 1. The average molecular weight is 690 g/mol. The SMILES string of the molecule is CC(=O)OCC1=C(C(=O)O)N2C(=O)C(N(C(=O)c3cnc(-c4ccc(NC(=O)[C@@H](C)N)cc4)nc3O)C(=O)C(N)c3ccccc3)[C@@H]2SC1. The minimum absolute atomic E-state index is 0.00302. The second-order valence-electron chi connectivity index (χ2n) is 11.1. The van der Waals surface area contributed by atoms with Gasteiger partial charge in [-0.3, -0.25) is 33.8 Å². The van der Waals surface area contributed by atoms with Crippen molar-refractivity contribution in [2.75, 3.05) is 17.7 Å². The topological polar surface area (TPSA) is 248 Å². The van der Waals surface area contributed by atoms with Crippen molar-refractivity contribution in [2.45, 2.75) is 37.3 Å². The molecular formula is C32H31N7O9S. The largest absolute Gasteiger partial charge is 0.493 e. The van der Waals surface area contributed by atoms with E-state index in [9.17, 15) is 39.0 Å². The molecule has 16 nitrogen and oxygen atoms in total. The van der Waals surface area contributed by atoms with E-state index in [0.717, 1.165) is 29.8 Å². The number of hydrogen-bond donors (Lipinski definition) is 5. The van der Waals surface area contributed by atoms with Gasteiger partial charge < -0.3 is 31.7 Å². The highest BCUT2D eigenvalue weighted by atomic mass is 32.2. The highest BCUT2D eigenvalue weighted by molar-refractivity contribution is 8.00. The lowest BCUT2D eigenvalue weighted by molar-refractivity contribution is -0.157. The van der Waals surface area contributed by atoms with E-state index in [4.69, 9.17) is 16.2 Å². The maximum atomic E-state index is 14.1. The van der Waals surface area contributed by atoms with Crippen LogP contribution in [0.2, 0.25) is 0 Å². The number of nitrogens with one attached hydrogen (secondary N) is 1. The summed E-state index contributed by atoms with van der Waals surface area (Å²) in [7, 11) is 0. The standard InChI is InChI=1S/C32H31N7O9S/c1-15(33)26(41)36-20-10-8-18(9-11-20)25-35-12-21(27(42)37-25)28(43)38(29(44)22(34)17-6-4-3-5-7-17)24-30(45)39-23(32(46)47)19(13-48-16(2)40)14-49-31(24)39/h3-12,15,22,24,31H,13-14,33-34H2,1-2H3,(H,36,41)(H,46,47)(H,35,37,42)/t15-,22?,24?,31+/m1/s1. The van der Waals surface area contributed by atoms with Crippen LogP contribution in [0.5, 0.6) is 5.88 Å². The fraction of sp³-hybridized carbons (Fsp3) is 0.250. The number of carbonyl (C=O) groups excluding carboxylic acids is 5. The number of anilines is 1. The number of carboxylic acids is 1. The van der Waals surface area contributed by atoms with E-state index in [-0.39, 0.29) is 23.8 Å². The molecule has 4 atom stereocenters. The number of imide groups is 1. The lowest BCUT2D eigenvalue weighted by Crippen LogP contribution is -2.72. The molecule has 0 bridgehead atoms. The number of β-lactam (4-membered cyclic amide) rings is 1. The van der Waals surface area contributed by atoms with Crippen LogP contribution in [-0.4, -0.2) is 95.4 Å². The summed E-state index contributed by atoms with van der Waals surface area (Å²) in [6.45, 7) is 2.32. The summed E-state index contributed by atoms with van der Waals surface area (Å²) in [5.41, 5.74) is 12.3. The number of benzene rings is 2. The third kappa shape index (κ3) is 6.99. The molecule has 3 aromatic rings. The summed E-state index contributed by atoms with van der Waals surface area (Å²) < 4.78 is 4.97. The third-order valence-corrected chi connectivity index (χ3v) is 8.98. The highest BCUT2D eigenvalue weighted by Gasteiger charge is 2.59. The van der Waals surface area contributed by atoms with Crippen LogP contribution in [0.25, 0.3) is 11.4 Å². The molecule has 17 heteroatoms. The summed E-state index contributed by atoms with van der Waals surface area (Å²) in [5, 5.41) is 22.5. The van der Waals surface area contributed by atoms with E-state index in [1.807, 2.05) is 0 Å². The van der Waals surface area contributed by atoms with Gasteiger partial charge in [-0.05, 0) is 36.8 Å². The highest BCUT2D eigenvalue weighted by Crippen LogP contribution is 2.43. The van der Waals surface area contributed by atoms with Crippen molar-refractivity contribution < 1.29 is 43.7 Å². The van der Waals surface area contributed by atoms with Gasteiger partial charge in [0.15, 0.2) is 5.82 Å². The summed E-state index contributed by atoms with van der Waals surface area (Å²) in [6.07, 6.45) is 0.995. The van der Waals surface area contributed by atoms with Crippen LogP contribution in [0.4, 0.5) is 5.69 Å². The van der Waals surface area contributed by atoms with Gasteiger partial charge in [-0.15, -0.1) is 11.8 Å². The molecule has 5 rings (SSSR count). The second-order valence-corrected chi connectivity index (χ2v) is 12.2. The van der Waals surface area contributed by atoms with Crippen LogP contribution in [0.15, 0.2) is 72.1 Å². The molecule has 2 unspecified atom stereocenters. The van der Waals surface area contributed by atoms with Gasteiger partial charge in [0.1, 0.15) is 35.3 Å². The fourth-order valence-electron chi connectivity index (χ4n) is 5.14. The molecule has 49 heavy (non-hydrogen) atoms. The number of esters is 1. The van der Waals surface area contributed by atoms with Crippen molar-refractivity contribution in [3.63, 3.8) is 0 Å². The van der Waals surface area contributed by atoms with Crippen molar-refractivity contribution in [2.24, 2.45) is 11.5 Å². The molecule has 1 saturated heterocycles. The van der Waals surface area contributed by atoms with Gasteiger partial charge >= 0.3 is 11.9 Å². The van der Waals surface area contributed by atoms with Gasteiger partial charge in [-0.1, -0.05) is 30.3 Å². The number of aromatic nitrogens is 2. The monoisotopic (exact) mass is 689 g/mol. The summed E-state index contributed by atoms with van der Waals surface area (Å²) in [6, 6.07) is 10.7. The van der Waals surface area contributed by atoms with E-state index in [0.29, 0.717) is 21.7 Å². The lowest BCUT2D eigenvalue weighted by Gasteiger charge is -2.52. The Hall–Kier alpha value is -5.65. The number of fused-ring (bicyclic) bond motifs is 1. The van der Waals surface area contributed by atoms with Crippen LogP contribution in [-0.2, 0) is 28.7 Å². The zero-order valence-corrected chi connectivity index (χ0v) is 26.9. The Balaban J connectivity index is 1.47. The van der Waals surface area contributed by atoms with Gasteiger partial charge in [-0.25, -0.2) is 9.78 Å². The number of amides is 4. The number of aliphatic carboxylic acids is 1. The van der Waals surface area contributed by atoms with E-state index >= 15 is 0 Å². The van der Waals surface area contributed by atoms with Gasteiger partial charge in [0.05, 0.1) is 6.04 Å². The molecule has 0 radical (unpaired) electrons. The molecule has 0 aliphatic carbocycles.